The van der Waals surface area contributed by atoms with Crippen molar-refractivity contribution in [3.63, 3.8) is 0 Å². The molecule has 0 spiro atoms. The van der Waals surface area contributed by atoms with Crippen molar-refractivity contribution in [2.45, 2.75) is 30.8 Å². The Kier molecular flexibility index (Phi) is 5.62. The fourth-order valence-electron chi connectivity index (χ4n) is 3.71. The summed E-state index contributed by atoms with van der Waals surface area (Å²) in [6.07, 6.45) is 0. The number of sulfonamides is 1. The summed E-state index contributed by atoms with van der Waals surface area (Å²) in [7, 11) is -0.597. The highest BCUT2D eigenvalue weighted by Crippen LogP contribution is 2.32. The van der Waals surface area contributed by atoms with Gasteiger partial charge in [0.05, 0.1) is 19.1 Å². The second kappa shape index (κ2) is 7.78. The third kappa shape index (κ3) is 3.75. The summed E-state index contributed by atoms with van der Waals surface area (Å²) in [5.74, 6) is 0.912. The Morgan fingerprint density at radius 2 is 1.48 bits per heavy atom. The number of ether oxygens (including phenoxy) is 2. The molecule has 0 saturated carbocycles. The number of anilines is 1. The van der Waals surface area contributed by atoms with Gasteiger partial charge in [-0.05, 0) is 38.1 Å². The molecule has 6 nitrogen and oxygen atoms in total. The van der Waals surface area contributed by atoms with Crippen LogP contribution in [-0.2, 0) is 10.0 Å². The number of hydrogen-bond acceptors (Lipinski definition) is 5. The molecule has 2 unspecified atom stereocenters. The molecular weight excluding hydrogens is 364 g/mol. The molecule has 0 bridgehead atoms. The summed E-state index contributed by atoms with van der Waals surface area (Å²) in [4.78, 5) is 2.49. The maximum atomic E-state index is 13.2. The summed E-state index contributed by atoms with van der Waals surface area (Å²) >= 11 is 0. The minimum Gasteiger partial charge on any atom is -0.493 e. The molecule has 146 valence electrons. The fraction of sp³-hybridized carbons (Fsp3) is 0.400. The Morgan fingerprint density at radius 3 is 2.04 bits per heavy atom. The number of piperazine rings is 1. The molecule has 0 aromatic heterocycles. The summed E-state index contributed by atoms with van der Waals surface area (Å²) < 4.78 is 38.4. The van der Waals surface area contributed by atoms with E-state index < -0.39 is 10.0 Å². The van der Waals surface area contributed by atoms with Crippen molar-refractivity contribution in [3.05, 3.63) is 48.5 Å². The van der Waals surface area contributed by atoms with Crippen LogP contribution in [0.1, 0.15) is 13.8 Å². The van der Waals surface area contributed by atoms with E-state index in [1.54, 1.807) is 16.4 Å². The molecule has 0 amide bonds. The molecule has 2 aromatic carbocycles. The minimum atomic E-state index is -3.62. The first-order valence-corrected chi connectivity index (χ1v) is 10.4. The van der Waals surface area contributed by atoms with Gasteiger partial charge in [-0.2, -0.15) is 4.31 Å². The molecule has 1 aliphatic rings. The van der Waals surface area contributed by atoms with E-state index in [0.29, 0.717) is 24.6 Å². The first-order chi connectivity index (χ1) is 12.9. The topological polar surface area (TPSA) is 59.1 Å². The molecule has 7 heteroatoms. The maximum absolute atomic E-state index is 13.2. The SMILES string of the molecule is COc1ccc(S(=O)(=O)N2CC(C)N(c3ccccc3)C(C)C2)cc1OC. The molecule has 1 saturated heterocycles. The standard InChI is InChI=1S/C20H26N2O4S/c1-15-13-21(14-16(2)22(15)17-8-6-5-7-9-17)27(23,24)18-10-11-19(25-3)20(12-18)26-4/h5-12,15-16H,13-14H2,1-4H3. The third-order valence-corrected chi connectivity index (χ3v) is 6.76. The van der Waals surface area contributed by atoms with Crippen molar-refractivity contribution in [1.29, 1.82) is 0 Å². The van der Waals surface area contributed by atoms with Gasteiger partial charge in [-0.25, -0.2) is 8.42 Å². The minimum absolute atomic E-state index is 0.0612. The molecule has 1 heterocycles. The highest BCUT2D eigenvalue weighted by Gasteiger charge is 2.36. The van der Waals surface area contributed by atoms with E-state index in [4.69, 9.17) is 9.47 Å². The van der Waals surface area contributed by atoms with E-state index >= 15 is 0 Å². The fourth-order valence-corrected chi connectivity index (χ4v) is 5.32. The van der Waals surface area contributed by atoms with Crippen LogP contribution < -0.4 is 14.4 Å². The number of benzene rings is 2. The Balaban J connectivity index is 1.87. The predicted octanol–water partition coefficient (Wildman–Crippen LogP) is 2.99. The highest BCUT2D eigenvalue weighted by molar-refractivity contribution is 7.89. The van der Waals surface area contributed by atoms with Gasteiger partial charge in [0.2, 0.25) is 10.0 Å². The predicted molar refractivity (Wildman–Crippen MR) is 106 cm³/mol. The summed E-state index contributed by atoms with van der Waals surface area (Å²) in [5.41, 5.74) is 1.11. The van der Waals surface area contributed by atoms with Gasteiger partial charge in [0.1, 0.15) is 0 Å². The molecular formula is C20H26N2O4S. The zero-order valence-electron chi connectivity index (χ0n) is 16.1. The molecule has 1 fully saturated rings. The van der Waals surface area contributed by atoms with Crippen LogP contribution in [0.4, 0.5) is 5.69 Å². The lowest BCUT2D eigenvalue weighted by Crippen LogP contribution is -2.58. The van der Waals surface area contributed by atoms with Gasteiger partial charge in [0, 0.05) is 36.9 Å². The largest absolute Gasteiger partial charge is 0.493 e. The zero-order valence-corrected chi connectivity index (χ0v) is 16.9. The van der Waals surface area contributed by atoms with Gasteiger partial charge < -0.3 is 14.4 Å². The quantitative estimate of drug-likeness (QED) is 0.786. The summed E-state index contributed by atoms with van der Waals surface area (Å²) in [6.45, 7) is 4.96. The van der Waals surface area contributed by atoms with Crippen molar-refractivity contribution in [1.82, 2.24) is 4.31 Å². The normalized spacial score (nSPS) is 21.1. The Hall–Kier alpha value is -2.25. The number of hydrogen-bond donors (Lipinski definition) is 0. The second-order valence-corrected chi connectivity index (χ2v) is 8.72. The van der Waals surface area contributed by atoms with E-state index in [0.717, 1.165) is 5.69 Å². The van der Waals surface area contributed by atoms with Crippen LogP contribution in [0.5, 0.6) is 11.5 Å². The van der Waals surface area contributed by atoms with Crippen LogP contribution in [0.15, 0.2) is 53.4 Å². The molecule has 2 aromatic rings. The van der Waals surface area contributed by atoms with Gasteiger partial charge in [0.25, 0.3) is 0 Å². The lowest BCUT2D eigenvalue weighted by molar-refractivity contribution is 0.301. The average molecular weight is 391 g/mol. The van der Waals surface area contributed by atoms with Crippen LogP contribution >= 0.6 is 0 Å². The van der Waals surface area contributed by atoms with Crippen molar-refractivity contribution < 1.29 is 17.9 Å². The average Bonchev–Trinajstić information content (AvgIpc) is 2.67. The van der Waals surface area contributed by atoms with Crippen molar-refractivity contribution in [3.8, 4) is 11.5 Å². The monoisotopic (exact) mass is 390 g/mol. The number of rotatable bonds is 5. The van der Waals surface area contributed by atoms with Gasteiger partial charge in [0.15, 0.2) is 11.5 Å². The molecule has 0 aliphatic carbocycles. The Labute approximate surface area is 161 Å². The molecule has 3 rings (SSSR count). The summed E-state index contributed by atoms with van der Waals surface area (Å²) in [6, 6.07) is 14.9. The van der Waals surface area contributed by atoms with Crippen LogP contribution in [0.25, 0.3) is 0 Å². The van der Waals surface area contributed by atoms with Gasteiger partial charge in [-0.15, -0.1) is 0 Å². The van der Waals surface area contributed by atoms with E-state index in [2.05, 4.69) is 30.9 Å². The number of nitrogens with zero attached hydrogens (tertiary/aromatic N) is 2. The first-order valence-electron chi connectivity index (χ1n) is 8.94. The molecule has 2 atom stereocenters. The van der Waals surface area contributed by atoms with E-state index in [1.165, 1.54) is 20.3 Å². The second-order valence-electron chi connectivity index (χ2n) is 6.78. The van der Waals surface area contributed by atoms with Crippen LogP contribution in [0.3, 0.4) is 0 Å². The van der Waals surface area contributed by atoms with E-state index in [-0.39, 0.29) is 17.0 Å². The molecule has 27 heavy (non-hydrogen) atoms. The van der Waals surface area contributed by atoms with Crippen LogP contribution in [0.2, 0.25) is 0 Å². The smallest absolute Gasteiger partial charge is 0.243 e. The lowest BCUT2D eigenvalue weighted by Gasteiger charge is -2.45. The van der Waals surface area contributed by atoms with Crippen LogP contribution in [0, 0.1) is 0 Å². The third-order valence-electron chi connectivity index (χ3n) is 4.93. The van der Waals surface area contributed by atoms with Crippen LogP contribution in [-0.4, -0.2) is 52.1 Å². The van der Waals surface area contributed by atoms with Crippen molar-refractivity contribution in [2.24, 2.45) is 0 Å². The first kappa shape index (κ1) is 19.5. The molecule has 0 N–H and O–H groups in total. The van der Waals surface area contributed by atoms with Gasteiger partial charge >= 0.3 is 0 Å². The highest BCUT2D eigenvalue weighted by atomic mass is 32.2. The van der Waals surface area contributed by atoms with Crippen molar-refractivity contribution >= 4 is 15.7 Å². The maximum Gasteiger partial charge on any atom is 0.243 e. The zero-order chi connectivity index (χ0) is 19.6. The number of para-hydroxylation sites is 1. The Morgan fingerprint density at radius 1 is 0.889 bits per heavy atom. The van der Waals surface area contributed by atoms with Gasteiger partial charge in [-0.3, -0.25) is 0 Å². The lowest BCUT2D eigenvalue weighted by atomic mass is 10.1. The van der Waals surface area contributed by atoms with E-state index in [9.17, 15) is 8.42 Å². The summed E-state index contributed by atoms with van der Waals surface area (Å²) in [5, 5.41) is 0. The van der Waals surface area contributed by atoms with E-state index in [1.807, 2.05) is 18.2 Å². The Bertz CT molecular complexity index is 874. The van der Waals surface area contributed by atoms with Gasteiger partial charge in [-0.1, -0.05) is 18.2 Å². The number of methoxy groups -OCH3 is 2. The molecule has 0 radical (unpaired) electrons. The van der Waals surface area contributed by atoms with Crippen molar-refractivity contribution in [2.75, 3.05) is 32.2 Å². The molecule has 1 aliphatic heterocycles.